The summed E-state index contributed by atoms with van der Waals surface area (Å²) in [6, 6.07) is 30.5. The van der Waals surface area contributed by atoms with E-state index in [0.29, 0.717) is 0 Å². The van der Waals surface area contributed by atoms with Gasteiger partial charge in [0, 0.05) is 17.6 Å². The van der Waals surface area contributed by atoms with Crippen LogP contribution < -0.4 is 15.9 Å². The normalized spacial score (nSPS) is 10.2. The first-order valence-corrected chi connectivity index (χ1v) is 8.16. The molecule has 0 aliphatic carbocycles. The minimum absolute atomic E-state index is 0. The van der Waals surface area contributed by atoms with Gasteiger partial charge < -0.3 is 0 Å². The van der Waals surface area contributed by atoms with Crippen LogP contribution in [0.25, 0.3) is 0 Å². The van der Waals surface area contributed by atoms with Crippen molar-refractivity contribution in [2.45, 2.75) is 6.92 Å². The summed E-state index contributed by atoms with van der Waals surface area (Å²) < 4.78 is 0. The Morgan fingerprint density at radius 3 is 1.52 bits per heavy atom. The molecule has 0 heterocycles. The van der Waals surface area contributed by atoms with Crippen molar-refractivity contribution in [2.75, 3.05) is 0 Å². The average molecular weight is 349 g/mol. The van der Waals surface area contributed by atoms with Crippen LogP contribution >= 0.6 is 7.92 Å². The molecule has 3 aromatic carbocycles. The Bertz CT molecular complexity index is 641. The summed E-state index contributed by atoms with van der Waals surface area (Å²) in [7, 11) is -0.462. The Labute approximate surface area is 139 Å². The second kappa shape index (κ2) is 7.59. The molecule has 0 saturated carbocycles. The van der Waals surface area contributed by atoms with E-state index in [9.17, 15) is 0 Å². The number of hydrogen-bond donors (Lipinski definition) is 0. The summed E-state index contributed by atoms with van der Waals surface area (Å²) in [6.45, 7) is 2.16. The van der Waals surface area contributed by atoms with Crippen molar-refractivity contribution in [2.24, 2.45) is 0 Å². The van der Waals surface area contributed by atoms with E-state index in [1.54, 1.807) is 0 Å². The molecule has 4 radical (unpaired) electrons. The van der Waals surface area contributed by atoms with Gasteiger partial charge in [-0.25, -0.2) is 0 Å². The molecule has 2 heteroatoms. The maximum atomic E-state index is 2.31. The van der Waals surface area contributed by atoms with Crippen LogP contribution in [0.15, 0.2) is 84.9 Å². The molecule has 0 atom stereocenters. The van der Waals surface area contributed by atoms with E-state index in [2.05, 4.69) is 91.9 Å². The Morgan fingerprint density at radius 1 is 0.571 bits per heavy atom. The van der Waals surface area contributed by atoms with Gasteiger partial charge >= 0.3 is 0 Å². The number of aryl methyl sites for hydroxylation is 1. The Morgan fingerprint density at radius 2 is 1.05 bits per heavy atom. The fourth-order valence-corrected chi connectivity index (χ4v) is 4.77. The number of rotatable bonds is 3. The van der Waals surface area contributed by atoms with E-state index in [1.165, 1.54) is 21.5 Å². The molecule has 0 amide bonds. The predicted molar refractivity (Wildman–Crippen MR) is 95.6 cm³/mol. The maximum Gasteiger partial charge on any atom is 0 e. The fourth-order valence-electron chi connectivity index (χ4n) is 2.37. The molecule has 0 unspecified atom stereocenters. The second-order valence-electron chi connectivity index (χ2n) is 4.85. The number of benzene rings is 3. The fraction of sp³-hybridized carbons (Fsp3) is 0.0526. The molecule has 21 heavy (non-hydrogen) atoms. The zero-order valence-electron chi connectivity index (χ0n) is 12.0. The molecule has 0 bridgehead atoms. The summed E-state index contributed by atoms with van der Waals surface area (Å²) in [5, 5.41) is 4.22. The van der Waals surface area contributed by atoms with Gasteiger partial charge in [-0.3, -0.25) is 0 Å². The van der Waals surface area contributed by atoms with Crippen LogP contribution in [0.1, 0.15) is 5.56 Å². The first kappa shape index (κ1) is 16.0. The van der Waals surface area contributed by atoms with Crippen molar-refractivity contribution in [1.82, 2.24) is 0 Å². The van der Waals surface area contributed by atoms with Gasteiger partial charge in [0.15, 0.2) is 0 Å². The number of hydrogen-bond acceptors (Lipinski definition) is 0. The Balaban J connectivity index is 0.00000161. The van der Waals surface area contributed by atoms with Crippen molar-refractivity contribution in [3.8, 4) is 0 Å². The monoisotopic (exact) mass is 350 g/mol. The van der Waals surface area contributed by atoms with Crippen LogP contribution in [0.3, 0.4) is 0 Å². The van der Waals surface area contributed by atoms with Crippen molar-refractivity contribution in [3.05, 3.63) is 90.5 Å². The van der Waals surface area contributed by atoms with Crippen molar-refractivity contribution < 1.29 is 0 Å². The largest absolute Gasteiger partial charge is 0.0622 e. The minimum atomic E-state index is -0.462. The van der Waals surface area contributed by atoms with E-state index >= 15 is 0 Å². The first-order valence-electron chi connectivity index (χ1n) is 6.81. The molecule has 3 rings (SSSR count). The van der Waals surface area contributed by atoms with E-state index in [0.717, 1.165) is 0 Å². The van der Waals surface area contributed by atoms with Gasteiger partial charge in [-0.15, -0.1) is 0 Å². The van der Waals surface area contributed by atoms with Gasteiger partial charge in [-0.1, -0.05) is 90.5 Å². The van der Waals surface area contributed by atoms with Crippen molar-refractivity contribution in [1.29, 1.82) is 0 Å². The first-order chi connectivity index (χ1) is 9.84. The molecule has 0 aliphatic heterocycles. The van der Waals surface area contributed by atoms with E-state index in [1.807, 2.05) is 0 Å². The smallest absolute Gasteiger partial charge is 0 e. The average Bonchev–Trinajstić information content (AvgIpc) is 2.50. The molecule has 0 aliphatic rings. The predicted octanol–water partition coefficient (Wildman–Crippen LogP) is 3.37. The van der Waals surface area contributed by atoms with Gasteiger partial charge in [-0.05, 0) is 30.8 Å². The van der Waals surface area contributed by atoms with E-state index in [-0.39, 0.29) is 17.6 Å². The molecule has 102 valence electrons. The SMILES string of the molecule is Cc1cccc(P(c2ccccc2)c2ccccc2)c1.[Ge]. The molecule has 0 nitrogen and oxygen atoms in total. The van der Waals surface area contributed by atoms with Gasteiger partial charge in [0.2, 0.25) is 0 Å². The topological polar surface area (TPSA) is 0 Å². The summed E-state index contributed by atoms with van der Waals surface area (Å²) >= 11 is 0. The third-order valence-electron chi connectivity index (χ3n) is 3.29. The van der Waals surface area contributed by atoms with Crippen LogP contribution in [0.4, 0.5) is 0 Å². The maximum absolute atomic E-state index is 2.31. The summed E-state index contributed by atoms with van der Waals surface area (Å²) in [5.41, 5.74) is 1.32. The van der Waals surface area contributed by atoms with Gasteiger partial charge in [-0.2, -0.15) is 0 Å². The molecule has 0 N–H and O–H groups in total. The molecule has 0 fully saturated rings. The minimum Gasteiger partial charge on any atom is -0.0622 e. The molecule has 0 aromatic heterocycles. The third kappa shape index (κ3) is 3.84. The van der Waals surface area contributed by atoms with Crippen LogP contribution in [0.2, 0.25) is 0 Å². The summed E-state index contributed by atoms with van der Waals surface area (Å²) in [6.07, 6.45) is 0. The zero-order chi connectivity index (χ0) is 13.8. The van der Waals surface area contributed by atoms with Gasteiger partial charge in [0.05, 0.1) is 0 Å². The Kier molecular flexibility index (Phi) is 5.78. The van der Waals surface area contributed by atoms with Crippen molar-refractivity contribution in [3.63, 3.8) is 0 Å². The molecular formula is C19H17GeP. The van der Waals surface area contributed by atoms with Gasteiger partial charge in [0.25, 0.3) is 0 Å². The van der Waals surface area contributed by atoms with Crippen LogP contribution in [0.5, 0.6) is 0 Å². The van der Waals surface area contributed by atoms with Gasteiger partial charge in [0.1, 0.15) is 0 Å². The Hall–Kier alpha value is -1.37. The molecular weight excluding hydrogens is 332 g/mol. The standard InChI is InChI=1S/C19H17P.Ge/c1-16-9-8-14-19(15-16)20(17-10-4-2-5-11-17)18-12-6-3-7-13-18;/h2-15H,1H3;. The van der Waals surface area contributed by atoms with Crippen LogP contribution in [0, 0.1) is 6.92 Å². The summed E-state index contributed by atoms with van der Waals surface area (Å²) in [5.74, 6) is 0. The second-order valence-corrected chi connectivity index (χ2v) is 7.07. The van der Waals surface area contributed by atoms with Crippen LogP contribution in [-0.2, 0) is 0 Å². The molecule has 0 saturated heterocycles. The third-order valence-corrected chi connectivity index (χ3v) is 5.71. The quantitative estimate of drug-likeness (QED) is 0.503. The van der Waals surface area contributed by atoms with E-state index in [4.69, 9.17) is 0 Å². The summed E-state index contributed by atoms with van der Waals surface area (Å²) in [4.78, 5) is 0. The molecule has 3 aromatic rings. The van der Waals surface area contributed by atoms with Crippen molar-refractivity contribution >= 4 is 41.4 Å². The van der Waals surface area contributed by atoms with E-state index < -0.39 is 7.92 Å². The zero-order valence-corrected chi connectivity index (χ0v) is 15.0. The van der Waals surface area contributed by atoms with Crippen LogP contribution in [-0.4, -0.2) is 17.6 Å². The molecule has 0 spiro atoms.